The van der Waals surface area contributed by atoms with E-state index in [1.807, 2.05) is 4.90 Å². The molecule has 1 amide bonds. The van der Waals surface area contributed by atoms with Gasteiger partial charge in [-0.3, -0.25) is 14.9 Å². The maximum atomic E-state index is 12.3. The Morgan fingerprint density at radius 1 is 1.32 bits per heavy atom. The lowest BCUT2D eigenvalue weighted by Gasteiger charge is -2.28. The summed E-state index contributed by atoms with van der Waals surface area (Å²) < 4.78 is 5.29. The summed E-state index contributed by atoms with van der Waals surface area (Å²) in [5, 5.41) is 14.3. The molecule has 0 aromatic heterocycles. The van der Waals surface area contributed by atoms with E-state index in [-0.39, 0.29) is 11.6 Å². The minimum Gasteiger partial charge on any atom is -0.378 e. The van der Waals surface area contributed by atoms with E-state index in [1.165, 1.54) is 11.0 Å². The molecule has 2 rings (SSSR count). The molecule has 25 heavy (non-hydrogen) atoms. The first-order valence-electron chi connectivity index (χ1n) is 8.79. The van der Waals surface area contributed by atoms with E-state index in [4.69, 9.17) is 4.74 Å². The van der Waals surface area contributed by atoms with Crippen molar-refractivity contribution in [1.82, 2.24) is 5.32 Å². The van der Waals surface area contributed by atoms with Crippen molar-refractivity contribution in [3.8, 4) is 0 Å². The van der Waals surface area contributed by atoms with Gasteiger partial charge in [0.2, 0.25) is 0 Å². The predicted molar refractivity (Wildman–Crippen MR) is 95.4 cm³/mol. The summed E-state index contributed by atoms with van der Waals surface area (Å²) in [6.45, 7) is 9.93. The third-order valence-electron chi connectivity index (χ3n) is 4.55. The van der Waals surface area contributed by atoms with E-state index >= 15 is 0 Å². The van der Waals surface area contributed by atoms with Gasteiger partial charge in [-0.2, -0.15) is 0 Å². The van der Waals surface area contributed by atoms with Crippen LogP contribution >= 0.6 is 0 Å². The zero-order valence-electron chi connectivity index (χ0n) is 14.9. The Hall–Kier alpha value is -2.19. The lowest BCUT2D eigenvalue weighted by Crippen LogP contribution is -3.12. The van der Waals surface area contributed by atoms with Gasteiger partial charge >= 0.3 is 0 Å². The second kappa shape index (κ2) is 9.33. The van der Waals surface area contributed by atoms with Crippen LogP contribution in [0.25, 0.3) is 0 Å². The number of benzene rings is 1. The molecule has 0 atom stereocenters. The first-order valence-corrected chi connectivity index (χ1v) is 8.79. The van der Waals surface area contributed by atoms with E-state index in [1.54, 1.807) is 12.1 Å². The summed E-state index contributed by atoms with van der Waals surface area (Å²) in [6.07, 6.45) is 0. The van der Waals surface area contributed by atoms with Crippen LogP contribution in [0.15, 0.2) is 18.2 Å². The molecule has 1 saturated heterocycles. The molecule has 2 N–H and O–H groups in total. The number of ether oxygens (including phenoxy) is 1. The van der Waals surface area contributed by atoms with E-state index < -0.39 is 4.92 Å². The van der Waals surface area contributed by atoms with Crippen LogP contribution in [0.3, 0.4) is 0 Å². The molecule has 1 heterocycles. The van der Waals surface area contributed by atoms with Crippen molar-refractivity contribution < 1.29 is 19.4 Å². The van der Waals surface area contributed by atoms with E-state index in [9.17, 15) is 14.9 Å². The molecule has 1 fully saturated rings. The quantitative estimate of drug-likeness (QED) is 0.512. The van der Waals surface area contributed by atoms with Crippen LogP contribution in [0.1, 0.15) is 24.2 Å². The van der Waals surface area contributed by atoms with Gasteiger partial charge in [0.05, 0.1) is 44.3 Å². The maximum absolute atomic E-state index is 12.3. The monoisotopic (exact) mass is 351 g/mol. The number of amides is 1. The number of nitro benzene ring substituents is 1. The van der Waals surface area contributed by atoms with Gasteiger partial charge in [-0.05, 0) is 26.0 Å². The van der Waals surface area contributed by atoms with Crippen LogP contribution in [-0.4, -0.2) is 63.3 Å². The lowest BCUT2D eigenvalue weighted by atomic mass is 10.1. The number of carbonyl (C=O) groups excluding carboxylic acids is 1. The maximum Gasteiger partial charge on any atom is 0.293 e. The SMILES string of the molecule is CC[NH+](CC)CCNC(=O)c1ccc(N2CCOCC2)c([N+](=O)[O-])c1. The summed E-state index contributed by atoms with van der Waals surface area (Å²) in [5.41, 5.74) is 0.819. The minimum atomic E-state index is -0.429. The number of hydrogen-bond donors (Lipinski definition) is 2. The number of rotatable bonds is 8. The lowest BCUT2D eigenvalue weighted by molar-refractivity contribution is -0.895. The van der Waals surface area contributed by atoms with Crippen molar-refractivity contribution in [2.75, 3.05) is 57.4 Å². The van der Waals surface area contributed by atoms with Gasteiger partial charge in [0.1, 0.15) is 5.69 Å². The molecule has 0 spiro atoms. The largest absolute Gasteiger partial charge is 0.378 e. The number of hydrogen-bond acceptors (Lipinski definition) is 5. The molecule has 0 bridgehead atoms. The van der Waals surface area contributed by atoms with Crippen molar-refractivity contribution in [3.63, 3.8) is 0 Å². The second-order valence-electron chi connectivity index (χ2n) is 6.02. The average Bonchev–Trinajstić information content (AvgIpc) is 2.65. The summed E-state index contributed by atoms with van der Waals surface area (Å²) in [5.74, 6) is -0.275. The summed E-state index contributed by atoms with van der Waals surface area (Å²) in [4.78, 5) is 26.6. The van der Waals surface area contributed by atoms with E-state index in [0.29, 0.717) is 44.1 Å². The first kappa shape index (κ1) is 19.1. The highest BCUT2D eigenvalue weighted by molar-refractivity contribution is 5.95. The van der Waals surface area contributed by atoms with Crippen LogP contribution in [0.5, 0.6) is 0 Å². The first-order chi connectivity index (χ1) is 12.1. The standard InChI is InChI=1S/C17H26N4O4/c1-3-19(4-2)8-7-18-17(22)14-5-6-15(16(13-14)21(23)24)20-9-11-25-12-10-20/h5-6,13H,3-4,7-12H2,1-2H3,(H,18,22)/p+1. The number of nitrogens with one attached hydrogen (secondary N) is 2. The molecule has 138 valence electrons. The predicted octanol–water partition coefficient (Wildman–Crippen LogP) is 0.0859. The fourth-order valence-electron chi connectivity index (χ4n) is 2.94. The number of anilines is 1. The van der Waals surface area contributed by atoms with Crippen molar-refractivity contribution in [1.29, 1.82) is 0 Å². The highest BCUT2D eigenvalue weighted by atomic mass is 16.6. The van der Waals surface area contributed by atoms with Gasteiger partial charge in [0, 0.05) is 24.7 Å². The molecule has 1 aliphatic heterocycles. The molecule has 0 aliphatic carbocycles. The van der Waals surface area contributed by atoms with Gasteiger partial charge in [-0.1, -0.05) is 0 Å². The zero-order valence-corrected chi connectivity index (χ0v) is 14.9. The van der Waals surface area contributed by atoms with Crippen LogP contribution in [-0.2, 0) is 4.74 Å². The molecule has 8 nitrogen and oxygen atoms in total. The molecule has 1 aliphatic rings. The molecule has 0 unspecified atom stereocenters. The molecule has 0 radical (unpaired) electrons. The van der Waals surface area contributed by atoms with Crippen molar-refractivity contribution in [2.24, 2.45) is 0 Å². The summed E-state index contributed by atoms with van der Waals surface area (Å²) in [7, 11) is 0. The third kappa shape index (κ3) is 5.14. The number of nitro groups is 1. The van der Waals surface area contributed by atoms with Crippen LogP contribution in [0, 0.1) is 10.1 Å². The molecule has 0 saturated carbocycles. The number of quaternary nitrogens is 1. The van der Waals surface area contributed by atoms with Crippen LogP contribution < -0.4 is 15.1 Å². The Morgan fingerprint density at radius 2 is 2.00 bits per heavy atom. The minimum absolute atomic E-state index is 0.0380. The van der Waals surface area contributed by atoms with Gasteiger partial charge in [0.25, 0.3) is 11.6 Å². The fraction of sp³-hybridized carbons (Fsp3) is 0.588. The average molecular weight is 351 g/mol. The van der Waals surface area contributed by atoms with Gasteiger partial charge < -0.3 is 19.9 Å². The molecular formula is C17H27N4O4+. The zero-order chi connectivity index (χ0) is 18.2. The van der Waals surface area contributed by atoms with Crippen molar-refractivity contribution in [3.05, 3.63) is 33.9 Å². The highest BCUT2D eigenvalue weighted by Crippen LogP contribution is 2.29. The Kier molecular flexibility index (Phi) is 7.15. The van der Waals surface area contributed by atoms with E-state index in [2.05, 4.69) is 19.2 Å². The molecule has 1 aromatic rings. The number of likely N-dealkylation sites (N-methyl/N-ethyl adjacent to an activating group) is 1. The second-order valence-corrected chi connectivity index (χ2v) is 6.02. The third-order valence-corrected chi connectivity index (χ3v) is 4.55. The molecule has 8 heteroatoms. The van der Waals surface area contributed by atoms with Crippen molar-refractivity contribution in [2.45, 2.75) is 13.8 Å². The molecule has 1 aromatic carbocycles. The Labute approximate surface area is 147 Å². The number of nitrogens with zero attached hydrogens (tertiary/aromatic N) is 2. The fourth-order valence-corrected chi connectivity index (χ4v) is 2.94. The van der Waals surface area contributed by atoms with Crippen LogP contribution in [0.2, 0.25) is 0 Å². The highest BCUT2D eigenvalue weighted by Gasteiger charge is 2.23. The summed E-state index contributed by atoms with van der Waals surface area (Å²) in [6, 6.07) is 4.68. The normalized spacial score (nSPS) is 14.6. The van der Waals surface area contributed by atoms with Crippen LogP contribution in [0.4, 0.5) is 11.4 Å². The Morgan fingerprint density at radius 3 is 2.60 bits per heavy atom. The Bertz CT molecular complexity index is 598. The summed E-state index contributed by atoms with van der Waals surface area (Å²) >= 11 is 0. The van der Waals surface area contributed by atoms with Gasteiger partial charge in [0.15, 0.2) is 0 Å². The van der Waals surface area contributed by atoms with Gasteiger partial charge in [-0.15, -0.1) is 0 Å². The Balaban J connectivity index is 2.07. The number of morpholine rings is 1. The smallest absolute Gasteiger partial charge is 0.293 e. The molecular weight excluding hydrogens is 324 g/mol. The van der Waals surface area contributed by atoms with E-state index in [0.717, 1.165) is 19.6 Å². The number of carbonyl (C=O) groups is 1. The van der Waals surface area contributed by atoms with Gasteiger partial charge in [-0.25, -0.2) is 0 Å². The topological polar surface area (TPSA) is 89.2 Å². The van der Waals surface area contributed by atoms with Crippen molar-refractivity contribution >= 4 is 17.3 Å².